The van der Waals surface area contributed by atoms with E-state index in [9.17, 15) is 4.79 Å². The lowest BCUT2D eigenvalue weighted by Crippen LogP contribution is -2.40. The first-order valence-electron chi connectivity index (χ1n) is 5.97. The first-order chi connectivity index (χ1) is 8.41. The van der Waals surface area contributed by atoms with E-state index in [0.717, 1.165) is 0 Å². The fourth-order valence-electron chi connectivity index (χ4n) is 1.65. The van der Waals surface area contributed by atoms with Crippen molar-refractivity contribution in [3.05, 3.63) is 18.1 Å². The molecule has 0 aliphatic rings. The van der Waals surface area contributed by atoms with Crippen LogP contribution in [0, 0.1) is 5.41 Å². The summed E-state index contributed by atoms with van der Waals surface area (Å²) in [5.41, 5.74) is 11.2. The molecule has 0 saturated carbocycles. The number of rotatable bonds is 6. The van der Waals surface area contributed by atoms with Gasteiger partial charge in [0.25, 0.3) is 5.91 Å². The zero-order valence-corrected chi connectivity index (χ0v) is 11.2. The standard InChI is InChI=1S/C12H21N5O/c1-4-17(8-12(2,3)7-13)11-9(10(14)18)15-5-6-16-11/h5-6H,4,7-8,13H2,1-3H3,(H2,14,18). The molecule has 6 heteroatoms. The van der Waals surface area contributed by atoms with Gasteiger partial charge in [0.05, 0.1) is 0 Å². The van der Waals surface area contributed by atoms with Crippen LogP contribution in [-0.2, 0) is 0 Å². The van der Waals surface area contributed by atoms with E-state index in [1.54, 1.807) is 6.20 Å². The average Bonchev–Trinajstić information content (AvgIpc) is 2.36. The van der Waals surface area contributed by atoms with Crippen LogP contribution in [0.2, 0.25) is 0 Å². The number of nitrogens with zero attached hydrogens (tertiary/aromatic N) is 3. The Morgan fingerprint density at radius 1 is 1.39 bits per heavy atom. The molecule has 0 radical (unpaired) electrons. The molecular formula is C12H21N5O. The molecule has 0 unspecified atom stereocenters. The highest BCUT2D eigenvalue weighted by Crippen LogP contribution is 2.21. The Kier molecular flexibility index (Phi) is 4.61. The van der Waals surface area contributed by atoms with E-state index in [1.165, 1.54) is 6.20 Å². The maximum absolute atomic E-state index is 11.3. The van der Waals surface area contributed by atoms with Gasteiger partial charge in [0.2, 0.25) is 0 Å². The fourth-order valence-corrected chi connectivity index (χ4v) is 1.65. The van der Waals surface area contributed by atoms with Crippen molar-refractivity contribution in [2.24, 2.45) is 16.9 Å². The molecule has 0 fully saturated rings. The lowest BCUT2D eigenvalue weighted by atomic mass is 9.93. The summed E-state index contributed by atoms with van der Waals surface area (Å²) in [6, 6.07) is 0. The molecule has 6 nitrogen and oxygen atoms in total. The molecule has 0 aliphatic heterocycles. The van der Waals surface area contributed by atoms with Gasteiger partial charge in [-0.3, -0.25) is 4.79 Å². The molecule has 4 N–H and O–H groups in total. The quantitative estimate of drug-likeness (QED) is 0.762. The number of hydrogen-bond donors (Lipinski definition) is 2. The first kappa shape index (κ1) is 14.4. The van der Waals surface area contributed by atoms with E-state index in [4.69, 9.17) is 11.5 Å². The number of carbonyl (C=O) groups excluding carboxylic acids is 1. The number of hydrogen-bond acceptors (Lipinski definition) is 5. The van der Waals surface area contributed by atoms with E-state index in [1.807, 2.05) is 11.8 Å². The van der Waals surface area contributed by atoms with Crippen LogP contribution < -0.4 is 16.4 Å². The van der Waals surface area contributed by atoms with Gasteiger partial charge >= 0.3 is 0 Å². The van der Waals surface area contributed by atoms with E-state index < -0.39 is 5.91 Å². The molecular weight excluding hydrogens is 230 g/mol. The van der Waals surface area contributed by atoms with Gasteiger partial charge in [-0.05, 0) is 18.9 Å². The number of primary amides is 1. The summed E-state index contributed by atoms with van der Waals surface area (Å²) in [6.07, 6.45) is 3.02. The third-order valence-electron chi connectivity index (χ3n) is 2.77. The number of anilines is 1. The second-order valence-corrected chi connectivity index (χ2v) is 4.98. The molecule has 18 heavy (non-hydrogen) atoms. The highest BCUT2D eigenvalue weighted by molar-refractivity contribution is 5.95. The summed E-state index contributed by atoms with van der Waals surface area (Å²) in [5, 5.41) is 0. The van der Waals surface area contributed by atoms with Gasteiger partial charge in [-0.2, -0.15) is 0 Å². The van der Waals surface area contributed by atoms with E-state index in [0.29, 0.717) is 25.5 Å². The van der Waals surface area contributed by atoms with Gasteiger partial charge in [0.15, 0.2) is 11.5 Å². The zero-order valence-electron chi connectivity index (χ0n) is 11.2. The third-order valence-corrected chi connectivity index (χ3v) is 2.77. The molecule has 0 atom stereocenters. The van der Waals surface area contributed by atoms with Crippen molar-refractivity contribution < 1.29 is 4.79 Å². The van der Waals surface area contributed by atoms with Crippen LogP contribution in [-0.4, -0.2) is 35.5 Å². The smallest absolute Gasteiger partial charge is 0.271 e. The summed E-state index contributed by atoms with van der Waals surface area (Å²) in [5.74, 6) is -0.0453. The molecule has 0 spiro atoms. The normalized spacial score (nSPS) is 11.3. The highest BCUT2D eigenvalue weighted by Gasteiger charge is 2.23. The summed E-state index contributed by atoms with van der Waals surface area (Å²) in [6.45, 7) is 8.08. The maximum atomic E-state index is 11.3. The highest BCUT2D eigenvalue weighted by atomic mass is 16.1. The van der Waals surface area contributed by atoms with E-state index in [-0.39, 0.29) is 11.1 Å². The number of aromatic nitrogens is 2. The molecule has 1 heterocycles. The molecule has 1 rings (SSSR count). The van der Waals surface area contributed by atoms with Crippen LogP contribution in [0.25, 0.3) is 0 Å². The Hall–Kier alpha value is -1.69. The number of amides is 1. The Bertz CT molecular complexity index is 419. The summed E-state index contributed by atoms with van der Waals surface area (Å²) in [7, 11) is 0. The van der Waals surface area contributed by atoms with Crippen LogP contribution in [0.4, 0.5) is 5.82 Å². The summed E-state index contributed by atoms with van der Waals surface area (Å²) < 4.78 is 0. The molecule has 0 aromatic carbocycles. The fraction of sp³-hybridized carbons (Fsp3) is 0.583. The second kappa shape index (κ2) is 5.77. The van der Waals surface area contributed by atoms with Crippen LogP contribution in [0.5, 0.6) is 0 Å². The van der Waals surface area contributed by atoms with Crippen molar-refractivity contribution >= 4 is 11.7 Å². The predicted molar refractivity (Wildman–Crippen MR) is 71.3 cm³/mol. The van der Waals surface area contributed by atoms with Crippen LogP contribution in [0.15, 0.2) is 12.4 Å². The van der Waals surface area contributed by atoms with Crippen LogP contribution >= 0.6 is 0 Å². The number of nitrogens with two attached hydrogens (primary N) is 2. The minimum atomic E-state index is -0.567. The van der Waals surface area contributed by atoms with E-state index >= 15 is 0 Å². The predicted octanol–water partition coefficient (Wildman–Crippen LogP) is 0.387. The van der Waals surface area contributed by atoms with Crippen LogP contribution in [0.3, 0.4) is 0 Å². The van der Waals surface area contributed by atoms with Crippen molar-refractivity contribution in [1.82, 2.24) is 9.97 Å². The molecule has 0 bridgehead atoms. The van der Waals surface area contributed by atoms with Gasteiger partial charge in [-0.25, -0.2) is 9.97 Å². The molecule has 1 aromatic heterocycles. The average molecular weight is 251 g/mol. The summed E-state index contributed by atoms with van der Waals surface area (Å²) >= 11 is 0. The van der Waals surface area contributed by atoms with Crippen molar-refractivity contribution in [1.29, 1.82) is 0 Å². The van der Waals surface area contributed by atoms with Gasteiger partial charge in [-0.1, -0.05) is 13.8 Å². The Balaban J connectivity index is 3.06. The Morgan fingerprint density at radius 2 is 2.00 bits per heavy atom. The minimum absolute atomic E-state index is 0.0670. The number of carbonyl (C=O) groups is 1. The maximum Gasteiger partial charge on any atom is 0.271 e. The molecule has 0 saturated heterocycles. The van der Waals surface area contributed by atoms with Gasteiger partial charge in [0.1, 0.15) is 0 Å². The lowest BCUT2D eigenvalue weighted by Gasteiger charge is -2.32. The van der Waals surface area contributed by atoms with Crippen molar-refractivity contribution in [2.75, 3.05) is 24.5 Å². The van der Waals surface area contributed by atoms with Gasteiger partial charge in [0, 0.05) is 25.5 Å². The first-order valence-corrected chi connectivity index (χ1v) is 5.97. The monoisotopic (exact) mass is 251 g/mol. The van der Waals surface area contributed by atoms with Crippen molar-refractivity contribution in [2.45, 2.75) is 20.8 Å². The molecule has 100 valence electrons. The van der Waals surface area contributed by atoms with Crippen molar-refractivity contribution in [3.63, 3.8) is 0 Å². The van der Waals surface area contributed by atoms with Gasteiger partial charge in [-0.15, -0.1) is 0 Å². The molecule has 0 aliphatic carbocycles. The summed E-state index contributed by atoms with van der Waals surface area (Å²) in [4.78, 5) is 21.5. The largest absolute Gasteiger partial charge is 0.364 e. The SMILES string of the molecule is CCN(CC(C)(C)CN)c1nccnc1C(N)=O. The topological polar surface area (TPSA) is 98.1 Å². The van der Waals surface area contributed by atoms with E-state index in [2.05, 4.69) is 23.8 Å². The lowest BCUT2D eigenvalue weighted by molar-refractivity contribution is 0.0995. The minimum Gasteiger partial charge on any atom is -0.364 e. The van der Waals surface area contributed by atoms with Gasteiger partial charge < -0.3 is 16.4 Å². The zero-order chi connectivity index (χ0) is 13.8. The van der Waals surface area contributed by atoms with Crippen molar-refractivity contribution in [3.8, 4) is 0 Å². The Labute approximate surface area is 107 Å². The Morgan fingerprint density at radius 3 is 2.50 bits per heavy atom. The van der Waals surface area contributed by atoms with Crippen LogP contribution in [0.1, 0.15) is 31.3 Å². The molecule has 1 amide bonds. The second-order valence-electron chi connectivity index (χ2n) is 4.98. The third kappa shape index (κ3) is 3.40. The molecule has 1 aromatic rings.